The van der Waals surface area contributed by atoms with E-state index in [2.05, 4.69) is 50.4 Å². The topological polar surface area (TPSA) is 41.5 Å². The Labute approximate surface area is 129 Å². The second-order valence-corrected chi connectivity index (χ2v) is 7.35. The lowest BCUT2D eigenvalue weighted by Gasteiger charge is -2.31. The van der Waals surface area contributed by atoms with Crippen molar-refractivity contribution in [3.05, 3.63) is 35.9 Å². The Morgan fingerprint density at radius 3 is 2.29 bits per heavy atom. The molecule has 0 aliphatic heterocycles. The van der Waals surface area contributed by atoms with Crippen molar-refractivity contribution in [3.63, 3.8) is 0 Å². The van der Waals surface area contributed by atoms with Crippen LogP contribution < -0.4 is 5.32 Å². The smallest absolute Gasteiger partial charge is 0.0765 e. The van der Waals surface area contributed by atoms with Crippen LogP contribution in [0.5, 0.6) is 0 Å². The van der Waals surface area contributed by atoms with E-state index < -0.39 is 5.60 Å². The molecule has 0 saturated carbocycles. The summed E-state index contributed by atoms with van der Waals surface area (Å²) in [6.45, 7) is 9.73. The zero-order valence-electron chi connectivity index (χ0n) is 14.1. The van der Waals surface area contributed by atoms with E-state index in [-0.39, 0.29) is 11.5 Å². The maximum atomic E-state index is 10.4. The molecule has 1 aromatic rings. The quantitative estimate of drug-likeness (QED) is 0.770. The molecule has 120 valence electrons. The summed E-state index contributed by atoms with van der Waals surface area (Å²) in [5, 5.41) is 13.9. The SMILES string of the molecule is COCCC(C)(O)CNC(CC(C)(C)C)c1ccccc1. The Morgan fingerprint density at radius 1 is 1.14 bits per heavy atom. The number of hydrogen-bond donors (Lipinski definition) is 2. The molecule has 2 N–H and O–H groups in total. The van der Waals surface area contributed by atoms with Gasteiger partial charge in [-0.05, 0) is 24.3 Å². The summed E-state index contributed by atoms with van der Waals surface area (Å²) in [5.74, 6) is 0. The highest BCUT2D eigenvalue weighted by Crippen LogP contribution is 2.29. The highest BCUT2D eigenvalue weighted by atomic mass is 16.5. The molecule has 0 saturated heterocycles. The summed E-state index contributed by atoms with van der Waals surface area (Å²) in [5.41, 5.74) is 0.752. The molecule has 0 heterocycles. The minimum Gasteiger partial charge on any atom is -0.389 e. The first-order chi connectivity index (χ1) is 9.73. The van der Waals surface area contributed by atoms with Crippen LogP contribution in [0, 0.1) is 5.41 Å². The number of ether oxygens (including phenoxy) is 1. The van der Waals surface area contributed by atoms with Gasteiger partial charge in [0.15, 0.2) is 0 Å². The van der Waals surface area contributed by atoms with Gasteiger partial charge in [-0.15, -0.1) is 0 Å². The molecule has 0 aliphatic carbocycles. The lowest BCUT2D eigenvalue weighted by atomic mass is 9.85. The maximum Gasteiger partial charge on any atom is 0.0765 e. The normalized spacial score (nSPS) is 16.5. The highest BCUT2D eigenvalue weighted by Gasteiger charge is 2.25. The van der Waals surface area contributed by atoms with Crippen LogP contribution in [-0.4, -0.2) is 31.0 Å². The Balaban J connectivity index is 2.70. The van der Waals surface area contributed by atoms with Gasteiger partial charge in [0, 0.05) is 32.7 Å². The minimum absolute atomic E-state index is 0.228. The Kier molecular flexibility index (Phi) is 6.85. The van der Waals surface area contributed by atoms with E-state index in [9.17, 15) is 5.11 Å². The Morgan fingerprint density at radius 2 is 1.76 bits per heavy atom. The Hall–Kier alpha value is -0.900. The fraction of sp³-hybridized carbons (Fsp3) is 0.667. The summed E-state index contributed by atoms with van der Waals surface area (Å²) in [6, 6.07) is 10.7. The van der Waals surface area contributed by atoms with Crippen molar-refractivity contribution in [2.75, 3.05) is 20.3 Å². The molecule has 2 unspecified atom stereocenters. The van der Waals surface area contributed by atoms with Crippen molar-refractivity contribution < 1.29 is 9.84 Å². The molecule has 0 aromatic heterocycles. The van der Waals surface area contributed by atoms with Gasteiger partial charge in [0.1, 0.15) is 0 Å². The van der Waals surface area contributed by atoms with Crippen LogP contribution in [0.15, 0.2) is 30.3 Å². The van der Waals surface area contributed by atoms with E-state index in [0.29, 0.717) is 19.6 Å². The van der Waals surface area contributed by atoms with Gasteiger partial charge in [-0.1, -0.05) is 51.1 Å². The van der Waals surface area contributed by atoms with Gasteiger partial charge in [-0.3, -0.25) is 0 Å². The fourth-order valence-electron chi connectivity index (χ4n) is 2.36. The van der Waals surface area contributed by atoms with Crippen LogP contribution in [-0.2, 0) is 4.74 Å². The lowest BCUT2D eigenvalue weighted by Crippen LogP contribution is -2.41. The van der Waals surface area contributed by atoms with Gasteiger partial charge in [-0.2, -0.15) is 0 Å². The van der Waals surface area contributed by atoms with Gasteiger partial charge in [0.2, 0.25) is 0 Å². The average Bonchev–Trinajstić information content (AvgIpc) is 2.41. The zero-order chi connectivity index (χ0) is 15.9. The fourth-order valence-corrected chi connectivity index (χ4v) is 2.36. The Bertz CT molecular complexity index is 395. The van der Waals surface area contributed by atoms with Gasteiger partial charge in [-0.25, -0.2) is 0 Å². The number of nitrogens with one attached hydrogen (secondary N) is 1. The van der Waals surface area contributed by atoms with Crippen molar-refractivity contribution in [1.82, 2.24) is 5.32 Å². The number of hydrogen-bond acceptors (Lipinski definition) is 3. The van der Waals surface area contributed by atoms with Crippen molar-refractivity contribution in [3.8, 4) is 0 Å². The molecule has 1 aromatic carbocycles. The van der Waals surface area contributed by atoms with E-state index in [1.165, 1.54) is 5.56 Å². The molecule has 21 heavy (non-hydrogen) atoms. The number of rotatable bonds is 8. The molecule has 0 radical (unpaired) electrons. The third-order valence-corrected chi connectivity index (χ3v) is 3.59. The van der Waals surface area contributed by atoms with Crippen molar-refractivity contribution in [1.29, 1.82) is 0 Å². The van der Waals surface area contributed by atoms with Crippen molar-refractivity contribution in [2.45, 2.75) is 52.2 Å². The summed E-state index contributed by atoms with van der Waals surface area (Å²) in [6.07, 6.45) is 1.66. The van der Waals surface area contributed by atoms with Gasteiger partial charge >= 0.3 is 0 Å². The first-order valence-electron chi connectivity index (χ1n) is 7.73. The molecule has 3 heteroatoms. The van der Waals surface area contributed by atoms with Gasteiger partial charge < -0.3 is 15.2 Å². The monoisotopic (exact) mass is 293 g/mol. The second-order valence-electron chi connectivity index (χ2n) is 7.35. The first kappa shape index (κ1) is 18.1. The summed E-state index contributed by atoms with van der Waals surface area (Å²) < 4.78 is 5.06. The molecule has 0 aliphatic rings. The van der Waals surface area contributed by atoms with Crippen LogP contribution in [0.4, 0.5) is 0 Å². The largest absolute Gasteiger partial charge is 0.389 e. The van der Waals surface area contributed by atoms with Crippen LogP contribution in [0.25, 0.3) is 0 Å². The number of aliphatic hydroxyl groups is 1. The molecular weight excluding hydrogens is 262 g/mol. The molecule has 0 amide bonds. The zero-order valence-corrected chi connectivity index (χ0v) is 14.1. The average molecular weight is 293 g/mol. The van der Waals surface area contributed by atoms with Crippen LogP contribution in [0.3, 0.4) is 0 Å². The number of methoxy groups -OCH3 is 1. The van der Waals surface area contributed by atoms with Crippen molar-refractivity contribution >= 4 is 0 Å². The minimum atomic E-state index is -0.749. The molecule has 1 rings (SSSR count). The van der Waals surface area contributed by atoms with E-state index in [1.807, 2.05) is 13.0 Å². The third kappa shape index (κ3) is 7.60. The summed E-state index contributed by atoms with van der Waals surface area (Å²) in [4.78, 5) is 0. The standard InChI is InChI=1S/C18H31NO2/c1-17(2,3)13-16(15-9-7-6-8-10-15)19-14-18(4,20)11-12-21-5/h6-10,16,19-20H,11-14H2,1-5H3. The van der Waals surface area contributed by atoms with E-state index >= 15 is 0 Å². The molecule has 2 atom stereocenters. The highest BCUT2D eigenvalue weighted by molar-refractivity contribution is 5.19. The van der Waals surface area contributed by atoms with E-state index in [1.54, 1.807) is 7.11 Å². The summed E-state index contributed by atoms with van der Waals surface area (Å²) >= 11 is 0. The molecule has 0 fully saturated rings. The number of benzene rings is 1. The molecular formula is C18H31NO2. The predicted molar refractivity (Wildman–Crippen MR) is 88.4 cm³/mol. The van der Waals surface area contributed by atoms with Crippen molar-refractivity contribution in [2.24, 2.45) is 5.41 Å². The maximum absolute atomic E-state index is 10.4. The molecule has 0 spiro atoms. The van der Waals surface area contributed by atoms with Gasteiger partial charge in [0.05, 0.1) is 5.60 Å². The van der Waals surface area contributed by atoms with Crippen LogP contribution in [0.1, 0.15) is 52.1 Å². The predicted octanol–water partition coefficient (Wildman–Crippen LogP) is 3.54. The lowest BCUT2D eigenvalue weighted by molar-refractivity contribution is 0.0215. The third-order valence-electron chi connectivity index (χ3n) is 3.59. The first-order valence-corrected chi connectivity index (χ1v) is 7.73. The molecule has 3 nitrogen and oxygen atoms in total. The van der Waals surface area contributed by atoms with E-state index in [4.69, 9.17) is 4.74 Å². The van der Waals surface area contributed by atoms with Crippen LogP contribution in [0.2, 0.25) is 0 Å². The van der Waals surface area contributed by atoms with E-state index in [0.717, 1.165) is 6.42 Å². The summed E-state index contributed by atoms with van der Waals surface area (Å²) in [7, 11) is 1.66. The molecule has 0 bridgehead atoms. The van der Waals surface area contributed by atoms with Gasteiger partial charge in [0.25, 0.3) is 0 Å². The second kappa shape index (κ2) is 7.92. The van der Waals surface area contributed by atoms with Crippen LogP contribution >= 0.6 is 0 Å².